The second-order valence-corrected chi connectivity index (χ2v) is 6.69. The number of hydrogen-bond donors (Lipinski definition) is 0. The number of fused-ring (bicyclic) bond motifs is 1. The molecule has 0 radical (unpaired) electrons. The molecule has 0 unspecified atom stereocenters. The molecule has 0 N–H and O–H groups in total. The lowest BCUT2D eigenvalue weighted by Crippen LogP contribution is -2.30. The van der Waals surface area contributed by atoms with Crippen LogP contribution in [0, 0.1) is 0 Å². The van der Waals surface area contributed by atoms with E-state index in [4.69, 9.17) is 9.72 Å². The summed E-state index contributed by atoms with van der Waals surface area (Å²) in [6.07, 6.45) is 4.57. The van der Waals surface area contributed by atoms with Crippen LogP contribution in [0.1, 0.15) is 17.0 Å². The van der Waals surface area contributed by atoms with Crippen molar-refractivity contribution in [2.24, 2.45) is 0 Å². The van der Waals surface area contributed by atoms with Gasteiger partial charge < -0.3 is 4.74 Å². The minimum atomic E-state index is 0.851. The summed E-state index contributed by atoms with van der Waals surface area (Å²) in [5, 5.41) is 3.17. The molecule has 0 fully saturated rings. The van der Waals surface area contributed by atoms with E-state index in [0.29, 0.717) is 0 Å². The molecular weight excluding hydrogens is 320 g/mol. The van der Waals surface area contributed by atoms with Crippen molar-refractivity contribution in [2.45, 2.75) is 19.5 Å². The van der Waals surface area contributed by atoms with E-state index in [9.17, 15) is 0 Å². The van der Waals surface area contributed by atoms with Gasteiger partial charge in [-0.15, -0.1) is 11.3 Å². The molecule has 3 heterocycles. The molecule has 0 spiro atoms. The van der Waals surface area contributed by atoms with E-state index < -0.39 is 0 Å². The zero-order valence-corrected chi connectivity index (χ0v) is 14.3. The zero-order valence-electron chi connectivity index (χ0n) is 13.5. The molecular formula is C18H18N4OS. The largest absolute Gasteiger partial charge is 0.497 e. The third-order valence-electron chi connectivity index (χ3n) is 4.21. The molecule has 0 amide bonds. The fourth-order valence-electron chi connectivity index (χ4n) is 2.94. The van der Waals surface area contributed by atoms with Crippen molar-refractivity contribution in [3.05, 3.63) is 59.1 Å². The Kier molecular flexibility index (Phi) is 4.23. The van der Waals surface area contributed by atoms with Crippen LogP contribution in [0.2, 0.25) is 0 Å². The predicted molar refractivity (Wildman–Crippen MR) is 94.0 cm³/mol. The maximum atomic E-state index is 5.29. The first-order valence-corrected chi connectivity index (χ1v) is 8.79. The van der Waals surface area contributed by atoms with E-state index in [1.807, 2.05) is 24.4 Å². The summed E-state index contributed by atoms with van der Waals surface area (Å²) >= 11 is 1.68. The molecule has 0 saturated carbocycles. The quantitative estimate of drug-likeness (QED) is 0.731. The van der Waals surface area contributed by atoms with Gasteiger partial charge in [0.15, 0.2) is 0 Å². The molecule has 6 heteroatoms. The van der Waals surface area contributed by atoms with Crippen LogP contribution in [-0.4, -0.2) is 33.5 Å². The van der Waals surface area contributed by atoms with Gasteiger partial charge in [0.25, 0.3) is 0 Å². The highest BCUT2D eigenvalue weighted by Gasteiger charge is 2.18. The van der Waals surface area contributed by atoms with Gasteiger partial charge in [0, 0.05) is 36.8 Å². The summed E-state index contributed by atoms with van der Waals surface area (Å²) in [6, 6.07) is 8.04. The predicted octanol–water partition coefficient (Wildman–Crippen LogP) is 3.17. The van der Waals surface area contributed by atoms with Crippen LogP contribution >= 0.6 is 11.3 Å². The van der Waals surface area contributed by atoms with Crippen LogP contribution in [0.15, 0.2) is 42.2 Å². The maximum Gasteiger partial charge on any atom is 0.123 e. The Labute approximate surface area is 145 Å². The summed E-state index contributed by atoms with van der Waals surface area (Å²) < 4.78 is 5.29. The number of hydrogen-bond acceptors (Lipinski definition) is 6. The van der Waals surface area contributed by atoms with Crippen LogP contribution in [0.4, 0.5) is 0 Å². The van der Waals surface area contributed by atoms with Crippen molar-refractivity contribution in [3.63, 3.8) is 0 Å². The van der Waals surface area contributed by atoms with E-state index >= 15 is 0 Å². The van der Waals surface area contributed by atoms with Gasteiger partial charge in [0.05, 0.1) is 18.5 Å². The van der Waals surface area contributed by atoms with Gasteiger partial charge in [-0.1, -0.05) is 12.1 Å². The van der Waals surface area contributed by atoms with E-state index in [0.717, 1.165) is 53.8 Å². The Morgan fingerprint density at radius 1 is 1.33 bits per heavy atom. The minimum absolute atomic E-state index is 0.851. The lowest BCUT2D eigenvalue weighted by atomic mass is 10.1. The number of ether oxygens (including phenoxy) is 1. The number of thiazole rings is 1. The molecule has 3 aromatic rings. The molecule has 5 nitrogen and oxygen atoms in total. The standard InChI is InChI=1S/C18H18N4OS/c1-23-16-4-2-3-13(7-16)18-21-15(11-24-18)9-22-6-5-14-8-19-12-20-17(14)10-22/h2-4,7-8,11-12H,5-6,9-10H2,1H3. The summed E-state index contributed by atoms with van der Waals surface area (Å²) in [6.45, 7) is 2.74. The van der Waals surface area contributed by atoms with Crippen molar-refractivity contribution in [1.82, 2.24) is 19.9 Å². The Hall–Kier alpha value is -2.31. The number of rotatable bonds is 4. The first kappa shape index (κ1) is 15.2. The van der Waals surface area contributed by atoms with Crippen molar-refractivity contribution >= 4 is 11.3 Å². The van der Waals surface area contributed by atoms with E-state index in [-0.39, 0.29) is 0 Å². The Balaban J connectivity index is 1.48. The molecule has 1 aliphatic rings. The van der Waals surface area contributed by atoms with Gasteiger partial charge in [0.1, 0.15) is 17.1 Å². The van der Waals surface area contributed by atoms with Gasteiger partial charge >= 0.3 is 0 Å². The van der Waals surface area contributed by atoms with Gasteiger partial charge in [-0.25, -0.2) is 15.0 Å². The number of aromatic nitrogens is 3. The fourth-order valence-corrected chi connectivity index (χ4v) is 3.74. The van der Waals surface area contributed by atoms with Crippen molar-refractivity contribution in [1.29, 1.82) is 0 Å². The summed E-state index contributed by atoms with van der Waals surface area (Å²) in [4.78, 5) is 15.7. The number of methoxy groups -OCH3 is 1. The van der Waals surface area contributed by atoms with Crippen molar-refractivity contribution in [3.8, 4) is 16.3 Å². The highest BCUT2D eigenvalue weighted by Crippen LogP contribution is 2.27. The molecule has 4 rings (SSSR count). The lowest BCUT2D eigenvalue weighted by Gasteiger charge is -2.26. The van der Waals surface area contributed by atoms with Gasteiger partial charge in [-0.2, -0.15) is 0 Å². The first-order chi connectivity index (χ1) is 11.8. The Morgan fingerprint density at radius 3 is 3.21 bits per heavy atom. The molecule has 1 aliphatic heterocycles. The third kappa shape index (κ3) is 3.16. The topological polar surface area (TPSA) is 51.1 Å². The number of nitrogens with zero attached hydrogens (tertiary/aromatic N) is 4. The Morgan fingerprint density at radius 2 is 2.29 bits per heavy atom. The zero-order chi connectivity index (χ0) is 16.4. The highest BCUT2D eigenvalue weighted by atomic mass is 32.1. The minimum Gasteiger partial charge on any atom is -0.497 e. The van der Waals surface area contributed by atoms with E-state index in [2.05, 4.69) is 26.3 Å². The van der Waals surface area contributed by atoms with Gasteiger partial charge in [0.2, 0.25) is 0 Å². The first-order valence-electron chi connectivity index (χ1n) is 7.91. The molecule has 1 aromatic carbocycles. The second kappa shape index (κ2) is 6.67. The average molecular weight is 338 g/mol. The smallest absolute Gasteiger partial charge is 0.123 e. The second-order valence-electron chi connectivity index (χ2n) is 5.83. The van der Waals surface area contributed by atoms with Crippen LogP contribution in [-0.2, 0) is 19.5 Å². The molecule has 0 bridgehead atoms. The van der Waals surface area contributed by atoms with Crippen LogP contribution < -0.4 is 4.74 Å². The van der Waals surface area contributed by atoms with Crippen molar-refractivity contribution in [2.75, 3.05) is 13.7 Å². The van der Waals surface area contributed by atoms with Gasteiger partial charge in [-0.05, 0) is 24.1 Å². The molecule has 122 valence electrons. The molecule has 0 saturated heterocycles. The SMILES string of the molecule is COc1cccc(-c2nc(CN3CCc4cncnc4C3)cs2)c1. The normalized spacial score (nSPS) is 14.4. The van der Waals surface area contributed by atoms with E-state index in [1.54, 1.807) is 24.8 Å². The van der Waals surface area contributed by atoms with Crippen LogP contribution in [0.25, 0.3) is 10.6 Å². The lowest BCUT2D eigenvalue weighted by molar-refractivity contribution is 0.239. The molecule has 2 aromatic heterocycles. The molecule has 24 heavy (non-hydrogen) atoms. The number of benzene rings is 1. The average Bonchev–Trinajstić information content (AvgIpc) is 3.10. The van der Waals surface area contributed by atoms with Crippen LogP contribution in [0.3, 0.4) is 0 Å². The summed E-state index contributed by atoms with van der Waals surface area (Å²) in [5.41, 5.74) is 4.61. The molecule has 0 aliphatic carbocycles. The maximum absolute atomic E-state index is 5.29. The summed E-state index contributed by atoms with van der Waals surface area (Å²) in [7, 11) is 1.68. The fraction of sp³-hybridized carbons (Fsp3) is 0.278. The Bertz CT molecular complexity index is 848. The van der Waals surface area contributed by atoms with Crippen molar-refractivity contribution < 1.29 is 4.74 Å². The third-order valence-corrected chi connectivity index (χ3v) is 5.15. The van der Waals surface area contributed by atoms with Crippen LogP contribution in [0.5, 0.6) is 5.75 Å². The monoisotopic (exact) mass is 338 g/mol. The van der Waals surface area contributed by atoms with Gasteiger partial charge in [-0.3, -0.25) is 4.90 Å². The summed E-state index contributed by atoms with van der Waals surface area (Å²) in [5.74, 6) is 0.858. The molecule has 0 atom stereocenters. The highest BCUT2D eigenvalue weighted by molar-refractivity contribution is 7.13. The van der Waals surface area contributed by atoms with E-state index in [1.165, 1.54) is 5.56 Å².